The van der Waals surface area contributed by atoms with Crippen molar-refractivity contribution in [2.24, 2.45) is 0 Å². The minimum absolute atomic E-state index is 0.130. The molecule has 0 unspecified atom stereocenters. The van der Waals surface area contributed by atoms with Crippen LogP contribution in [0.4, 0.5) is 0 Å². The van der Waals surface area contributed by atoms with Crippen LogP contribution >= 0.6 is 22.9 Å². The van der Waals surface area contributed by atoms with E-state index in [-0.39, 0.29) is 17.2 Å². The maximum absolute atomic E-state index is 12.5. The van der Waals surface area contributed by atoms with E-state index in [2.05, 4.69) is 15.3 Å². The second kappa shape index (κ2) is 7.21. The number of aryl methyl sites for hydroxylation is 1. The van der Waals surface area contributed by atoms with E-state index in [9.17, 15) is 9.59 Å². The maximum Gasteiger partial charge on any atom is 0.270 e. The molecule has 2 N–H and O–H groups in total. The van der Waals surface area contributed by atoms with Gasteiger partial charge in [-0.2, -0.15) is 0 Å². The van der Waals surface area contributed by atoms with Crippen LogP contribution in [0.15, 0.2) is 40.5 Å². The lowest BCUT2D eigenvalue weighted by atomic mass is 10.1. The maximum atomic E-state index is 12.5. The Morgan fingerprint density at radius 1 is 1.32 bits per heavy atom. The van der Waals surface area contributed by atoms with Gasteiger partial charge in [-0.15, -0.1) is 11.3 Å². The summed E-state index contributed by atoms with van der Waals surface area (Å²) in [7, 11) is 0. The molecule has 0 radical (unpaired) electrons. The van der Waals surface area contributed by atoms with Gasteiger partial charge in [-0.1, -0.05) is 23.7 Å². The number of halogens is 1. The summed E-state index contributed by atoms with van der Waals surface area (Å²) in [5, 5.41) is 5.31. The fourth-order valence-corrected chi connectivity index (χ4v) is 3.45. The van der Waals surface area contributed by atoms with Gasteiger partial charge in [-0.3, -0.25) is 9.59 Å². The predicted octanol–water partition coefficient (Wildman–Crippen LogP) is 3.70. The standard InChI is InChI=1S/C18H16ClN3O2S/c1-10-6-12(8-13(19)7-10)9-20-18(24)15-11(2)17(23)22-16(21-15)14-4-3-5-25-14/h3-8H,9H2,1-2H3,(H,20,24)(H,21,22,23). The molecule has 0 fully saturated rings. The average Bonchev–Trinajstić information content (AvgIpc) is 3.08. The molecule has 0 bridgehead atoms. The molecule has 0 atom stereocenters. The zero-order valence-corrected chi connectivity index (χ0v) is 15.3. The quantitative estimate of drug-likeness (QED) is 0.732. The normalized spacial score (nSPS) is 10.7. The number of aromatic nitrogens is 2. The Labute approximate surface area is 153 Å². The minimum Gasteiger partial charge on any atom is -0.347 e. The van der Waals surface area contributed by atoms with Gasteiger partial charge in [-0.25, -0.2) is 4.98 Å². The van der Waals surface area contributed by atoms with Crippen molar-refractivity contribution in [3.8, 4) is 10.7 Å². The number of amides is 1. The Kier molecular flexibility index (Phi) is 5.01. The van der Waals surface area contributed by atoms with Gasteiger partial charge in [-0.05, 0) is 48.6 Å². The molecule has 25 heavy (non-hydrogen) atoms. The SMILES string of the molecule is Cc1cc(Cl)cc(CNC(=O)c2nc(-c3cccs3)[nH]c(=O)c2C)c1. The topological polar surface area (TPSA) is 74.8 Å². The number of hydrogen-bond acceptors (Lipinski definition) is 4. The first-order valence-electron chi connectivity index (χ1n) is 7.63. The molecule has 2 heterocycles. The Morgan fingerprint density at radius 2 is 2.12 bits per heavy atom. The third-order valence-electron chi connectivity index (χ3n) is 3.68. The smallest absolute Gasteiger partial charge is 0.270 e. The Bertz CT molecular complexity index is 960. The summed E-state index contributed by atoms with van der Waals surface area (Å²) in [6, 6.07) is 9.30. The third-order valence-corrected chi connectivity index (χ3v) is 4.77. The van der Waals surface area contributed by atoms with Crippen LogP contribution in [0, 0.1) is 13.8 Å². The second-order valence-electron chi connectivity index (χ2n) is 5.68. The Morgan fingerprint density at radius 3 is 2.80 bits per heavy atom. The third kappa shape index (κ3) is 3.97. The number of thiophene rings is 1. The molecule has 2 aromatic heterocycles. The molecule has 0 saturated carbocycles. The van der Waals surface area contributed by atoms with E-state index >= 15 is 0 Å². The monoisotopic (exact) mass is 373 g/mol. The Hall–Kier alpha value is -2.44. The minimum atomic E-state index is -0.390. The van der Waals surface area contributed by atoms with Gasteiger partial charge >= 0.3 is 0 Å². The van der Waals surface area contributed by atoms with Crippen LogP contribution in [-0.4, -0.2) is 15.9 Å². The fourth-order valence-electron chi connectivity index (χ4n) is 2.46. The number of nitrogens with zero attached hydrogens (tertiary/aromatic N) is 1. The molecule has 1 aromatic carbocycles. The second-order valence-corrected chi connectivity index (χ2v) is 7.07. The van der Waals surface area contributed by atoms with Crippen molar-refractivity contribution in [1.29, 1.82) is 0 Å². The summed E-state index contributed by atoms with van der Waals surface area (Å²) < 4.78 is 0. The van der Waals surface area contributed by atoms with Crippen molar-refractivity contribution < 1.29 is 4.79 Å². The molecular weight excluding hydrogens is 358 g/mol. The molecule has 3 rings (SSSR count). The number of benzene rings is 1. The molecule has 0 aliphatic carbocycles. The first-order valence-corrected chi connectivity index (χ1v) is 8.89. The molecule has 0 aliphatic rings. The molecule has 0 spiro atoms. The average molecular weight is 374 g/mol. The summed E-state index contributed by atoms with van der Waals surface area (Å²) in [6.07, 6.45) is 0. The van der Waals surface area contributed by atoms with Crippen molar-refractivity contribution in [2.75, 3.05) is 0 Å². The van der Waals surface area contributed by atoms with Crippen LogP contribution in [0.2, 0.25) is 5.02 Å². The van der Waals surface area contributed by atoms with E-state index in [1.165, 1.54) is 11.3 Å². The first-order chi connectivity index (χ1) is 11.9. The highest BCUT2D eigenvalue weighted by Gasteiger charge is 2.16. The largest absolute Gasteiger partial charge is 0.347 e. The molecule has 3 aromatic rings. The lowest BCUT2D eigenvalue weighted by Gasteiger charge is -2.09. The molecule has 7 heteroatoms. The van der Waals surface area contributed by atoms with Gasteiger partial charge in [0.2, 0.25) is 0 Å². The molecule has 0 saturated heterocycles. The highest BCUT2D eigenvalue weighted by Crippen LogP contribution is 2.20. The lowest BCUT2D eigenvalue weighted by Crippen LogP contribution is -2.28. The predicted molar refractivity (Wildman–Crippen MR) is 100 cm³/mol. The summed E-state index contributed by atoms with van der Waals surface area (Å²) in [5.41, 5.74) is 2.01. The van der Waals surface area contributed by atoms with Gasteiger partial charge in [0.25, 0.3) is 11.5 Å². The van der Waals surface area contributed by atoms with Gasteiger partial charge < -0.3 is 10.3 Å². The lowest BCUT2D eigenvalue weighted by molar-refractivity contribution is 0.0945. The number of aromatic amines is 1. The molecule has 1 amide bonds. The fraction of sp³-hybridized carbons (Fsp3) is 0.167. The van der Waals surface area contributed by atoms with Gasteiger partial charge in [0, 0.05) is 17.1 Å². The number of carbonyl (C=O) groups is 1. The van der Waals surface area contributed by atoms with Crippen LogP contribution in [0.25, 0.3) is 10.7 Å². The van der Waals surface area contributed by atoms with Crippen molar-refractivity contribution in [2.45, 2.75) is 20.4 Å². The van der Waals surface area contributed by atoms with Crippen molar-refractivity contribution in [1.82, 2.24) is 15.3 Å². The summed E-state index contributed by atoms with van der Waals surface area (Å²) in [5.74, 6) is 0.00776. The molecular formula is C18H16ClN3O2S. The van der Waals surface area contributed by atoms with Crippen LogP contribution in [-0.2, 0) is 6.54 Å². The number of H-pyrrole nitrogens is 1. The van der Waals surface area contributed by atoms with Crippen LogP contribution in [0.5, 0.6) is 0 Å². The first kappa shape index (κ1) is 17.4. The molecule has 0 aliphatic heterocycles. The van der Waals surface area contributed by atoms with Crippen LogP contribution in [0.1, 0.15) is 27.2 Å². The van der Waals surface area contributed by atoms with Crippen molar-refractivity contribution in [3.05, 3.63) is 73.5 Å². The van der Waals surface area contributed by atoms with E-state index in [0.717, 1.165) is 16.0 Å². The van der Waals surface area contributed by atoms with Crippen LogP contribution < -0.4 is 10.9 Å². The number of hydrogen-bond donors (Lipinski definition) is 2. The molecule has 128 valence electrons. The zero-order valence-electron chi connectivity index (χ0n) is 13.7. The van der Waals surface area contributed by atoms with Gasteiger partial charge in [0.15, 0.2) is 5.82 Å². The van der Waals surface area contributed by atoms with Gasteiger partial charge in [0.05, 0.1) is 4.88 Å². The van der Waals surface area contributed by atoms with E-state index in [4.69, 9.17) is 11.6 Å². The number of rotatable bonds is 4. The summed E-state index contributed by atoms with van der Waals surface area (Å²) >= 11 is 7.48. The molecule has 5 nitrogen and oxygen atoms in total. The highest BCUT2D eigenvalue weighted by molar-refractivity contribution is 7.13. The zero-order chi connectivity index (χ0) is 18.0. The van der Waals surface area contributed by atoms with Crippen LogP contribution in [0.3, 0.4) is 0 Å². The van der Waals surface area contributed by atoms with Crippen molar-refractivity contribution in [3.63, 3.8) is 0 Å². The van der Waals surface area contributed by atoms with E-state index in [1.54, 1.807) is 13.0 Å². The van der Waals surface area contributed by atoms with Gasteiger partial charge in [0.1, 0.15) is 5.69 Å². The number of carbonyl (C=O) groups excluding carboxylic acids is 1. The summed E-state index contributed by atoms with van der Waals surface area (Å²) in [6.45, 7) is 3.83. The number of nitrogens with one attached hydrogen (secondary N) is 2. The van der Waals surface area contributed by atoms with E-state index < -0.39 is 0 Å². The van der Waals surface area contributed by atoms with Crippen molar-refractivity contribution >= 4 is 28.8 Å². The van der Waals surface area contributed by atoms with E-state index in [1.807, 2.05) is 36.6 Å². The summed E-state index contributed by atoms with van der Waals surface area (Å²) in [4.78, 5) is 32.5. The Balaban J connectivity index is 1.85. The van der Waals surface area contributed by atoms with E-state index in [0.29, 0.717) is 23.0 Å². The highest BCUT2D eigenvalue weighted by atomic mass is 35.5.